The van der Waals surface area contributed by atoms with Crippen LogP contribution >= 0.6 is 0 Å². The SMILES string of the molecule is Cc1ccc(S(=O)(=O)NC(Cc2ccccc2)=NCc2ccccc2)cc1. The van der Waals surface area contributed by atoms with E-state index in [-0.39, 0.29) is 4.90 Å². The number of amidine groups is 1. The summed E-state index contributed by atoms with van der Waals surface area (Å²) in [5.74, 6) is 0.422. The number of hydrogen-bond acceptors (Lipinski definition) is 3. The molecule has 0 aliphatic heterocycles. The van der Waals surface area contributed by atoms with E-state index in [0.717, 1.165) is 16.7 Å². The first-order valence-electron chi connectivity index (χ1n) is 8.73. The first-order chi connectivity index (χ1) is 13.0. The summed E-state index contributed by atoms with van der Waals surface area (Å²) in [5.41, 5.74) is 3.03. The predicted octanol–water partition coefficient (Wildman–Crippen LogP) is 4.11. The highest BCUT2D eigenvalue weighted by molar-refractivity contribution is 7.90. The van der Waals surface area contributed by atoms with Crippen LogP contribution in [0.1, 0.15) is 16.7 Å². The average Bonchev–Trinajstić information content (AvgIpc) is 2.68. The minimum absolute atomic E-state index is 0.230. The van der Waals surface area contributed by atoms with Gasteiger partial charge in [0.1, 0.15) is 5.84 Å². The first-order valence-corrected chi connectivity index (χ1v) is 10.2. The molecule has 138 valence electrons. The maximum atomic E-state index is 12.8. The highest BCUT2D eigenvalue weighted by Gasteiger charge is 2.16. The van der Waals surface area contributed by atoms with Gasteiger partial charge >= 0.3 is 0 Å². The molecule has 0 radical (unpaired) electrons. The van der Waals surface area contributed by atoms with E-state index < -0.39 is 10.0 Å². The lowest BCUT2D eigenvalue weighted by Gasteiger charge is -2.12. The van der Waals surface area contributed by atoms with Gasteiger partial charge < -0.3 is 0 Å². The highest BCUT2D eigenvalue weighted by Crippen LogP contribution is 2.11. The molecule has 0 spiro atoms. The molecule has 3 rings (SSSR count). The fourth-order valence-corrected chi connectivity index (χ4v) is 3.67. The van der Waals surface area contributed by atoms with Crippen LogP contribution in [0, 0.1) is 6.92 Å². The largest absolute Gasteiger partial charge is 0.267 e. The van der Waals surface area contributed by atoms with Gasteiger partial charge in [0.25, 0.3) is 10.0 Å². The van der Waals surface area contributed by atoms with Crippen LogP contribution in [0.3, 0.4) is 0 Å². The van der Waals surface area contributed by atoms with E-state index in [1.807, 2.05) is 67.6 Å². The minimum Gasteiger partial charge on any atom is -0.267 e. The molecule has 0 heterocycles. The summed E-state index contributed by atoms with van der Waals surface area (Å²) in [4.78, 5) is 4.77. The fourth-order valence-electron chi connectivity index (χ4n) is 2.62. The summed E-state index contributed by atoms with van der Waals surface area (Å²) in [6.07, 6.45) is 0.415. The average molecular weight is 378 g/mol. The van der Waals surface area contributed by atoms with Gasteiger partial charge in [-0.05, 0) is 30.2 Å². The lowest BCUT2D eigenvalue weighted by Crippen LogP contribution is -2.32. The van der Waals surface area contributed by atoms with E-state index in [0.29, 0.717) is 18.8 Å². The van der Waals surface area contributed by atoms with Crippen molar-refractivity contribution >= 4 is 15.9 Å². The highest BCUT2D eigenvalue weighted by atomic mass is 32.2. The van der Waals surface area contributed by atoms with Crippen molar-refractivity contribution in [2.75, 3.05) is 0 Å². The normalized spacial score (nSPS) is 12.0. The molecule has 3 aromatic carbocycles. The van der Waals surface area contributed by atoms with Gasteiger partial charge in [-0.25, -0.2) is 8.42 Å². The number of nitrogens with zero attached hydrogens (tertiary/aromatic N) is 1. The number of aryl methyl sites for hydroxylation is 1. The summed E-state index contributed by atoms with van der Waals surface area (Å²) in [6.45, 7) is 2.34. The van der Waals surface area contributed by atoms with Crippen molar-refractivity contribution in [3.05, 3.63) is 102 Å². The molecule has 27 heavy (non-hydrogen) atoms. The predicted molar refractivity (Wildman–Crippen MR) is 109 cm³/mol. The summed E-state index contributed by atoms with van der Waals surface area (Å²) in [5, 5.41) is 0. The Bertz CT molecular complexity index is 997. The summed E-state index contributed by atoms with van der Waals surface area (Å²) >= 11 is 0. The molecular weight excluding hydrogens is 356 g/mol. The first kappa shape index (κ1) is 18.9. The number of aliphatic imine (C=N–C) groups is 1. The molecule has 4 nitrogen and oxygen atoms in total. The molecule has 5 heteroatoms. The second-order valence-electron chi connectivity index (χ2n) is 6.33. The third kappa shape index (κ3) is 5.53. The third-order valence-corrected chi connectivity index (χ3v) is 5.49. The smallest absolute Gasteiger partial charge is 0.262 e. The minimum atomic E-state index is -3.68. The monoisotopic (exact) mass is 378 g/mol. The van der Waals surface area contributed by atoms with Crippen LogP contribution in [0.25, 0.3) is 0 Å². The van der Waals surface area contributed by atoms with E-state index in [4.69, 9.17) is 0 Å². The maximum Gasteiger partial charge on any atom is 0.262 e. The van der Waals surface area contributed by atoms with Gasteiger partial charge in [-0.15, -0.1) is 0 Å². The van der Waals surface area contributed by atoms with Crippen LogP contribution < -0.4 is 4.72 Å². The fraction of sp³-hybridized carbons (Fsp3) is 0.136. The van der Waals surface area contributed by atoms with Gasteiger partial charge in [-0.2, -0.15) is 0 Å². The van der Waals surface area contributed by atoms with Crippen molar-refractivity contribution in [1.29, 1.82) is 0 Å². The Morgan fingerprint density at radius 2 is 1.37 bits per heavy atom. The van der Waals surface area contributed by atoms with Crippen molar-refractivity contribution in [2.24, 2.45) is 4.99 Å². The summed E-state index contributed by atoms with van der Waals surface area (Å²) < 4.78 is 28.2. The standard InChI is InChI=1S/C22H22N2O2S/c1-18-12-14-21(15-13-18)27(25,26)24-22(16-19-8-4-2-5-9-19)23-17-20-10-6-3-7-11-20/h2-15H,16-17H2,1H3,(H,23,24). The zero-order valence-electron chi connectivity index (χ0n) is 15.2. The molecule has 0 bridgehead atoms. The van der Waals surface area contributed by atoms with Gasteiger partial charge in [0, 0.05) is 6.42 Å². The molecule has 0 saturated carbocycles. The van der Waals surface area contributed by atoms with Gasteiger partial charge in [-0.3, -0.25) is 9.71 Å². The van der Waals surface area contributed by atoms with Crippen LogP contribution in [0.15, 0.2) is 94.8 Å². The molecule has 0 unspecified atom stereocenters. The zero-order valence-corrected chi connectivity index (χ0v) is 16.0. The molecule has 3 aromatic rings. The number of nitrogens with one attached hydrogen (secondary N) is 1. The van der Waals surface area contributed by atoms with Crippen molar-refractivity contribution in [3.8, 4) is 0 Å². The topological polar surface area (TPSA) is 58.5 Å². The Hall–Kier alpha value is -2.92. The number of rotatable bonds is 6. The van der Waals surface area contributed by atoms with Crippen molar-refractivity contribution in [2.45, 2.75) is 24.8 Å². The van der Waals surface area contributed by atoms with Gasteiger partial charge in [-0.1, -0.05) is 78.4 Å². The molecule has 0 aromatic heterocycles. The van der Waals surface area contributed by atoms with Gasteiger partial charge in [0.05, 0.1) is 11.4 Å². The van der Waals surface area contributed by atoms with E-state index in [1.165, 1.54) is 0 Å². The molecule has 0 aliphatic carbocycles. The molecule has 0 atom stereocenters. The Balaban J connectivity index is 1.85. The van der Waals surface area contributed by atoms with Crippen molar-refractivity contribution in [1.82, 2.24) is 4.72 Å². The molecule has 0 fully saturated rings. The second kappa shape index (κ2) is 8.64. The Morgan fingerprint density at radius 3 is 1.96 bits per heavy atom. The summed E-state index contributed by atoms with van der Waals surface area (Å²) in [6, 6.07) is 26.3. The lowest BCUT2D eigenvalue weighted by molar-refractivity contribution is 0.592. The van der Waals surface area contributed by atoms with Crippen LogP contribution in [-0.2, 0) is 23.0 Å². The van der Waals surface area contributed by atoms with Crippen LogP contribution in [-0.4, -0.2) is 14.3 Å². The molecular formula is C22H22N2O2S. The molecule has 0 aliphatic rings. The maximum absolute atomic E-state index is 12.8. The number of sulfonamides is 1. The van der Waals surface area contributed by atoms with E-state index in [9.17, 15) is 8.42 Å². The van der Waals surface area contributed by atoms with Gasteiger partial charge in [0.2, 0.25) is 0 Å². The number of benzene rings is 3. The van der Waals surface area contributed by atoms with Crippen molar-refractivity contribution < 1.29 is 8.42 Å². The zero-order chi connectivity index (χ0) is 19.1. The molecule has 0 amide bonds. The van der Waals surface area contributed by atoms with E-state index in [2.05, 4.69) is 9.71 Å². The third-order valence-electron chi connectivity index (χ3n) is 4.09. The van der Waals surface area contributed by atoms with Crippen LogP contribution in [0.2, 0.25) is 0 Å². The van der Waals surface area contributed by atoms with Crippen LogP contribution in [0.5, 0.6) is 0 Å². The van der Waals surface area contributed by atoms with E-state index >= 15 is 0 Å². The molecule has 0 saturated heterocycles. The van der Waals surface area contributed by atoms with Gasteiger partial charge in [0.15, 0.2) is 0 Å². The summed E-state index contributed by atoms with van der Waals surface area (Å²) in [7, 11) is -3.68. The van der Waals surface area contributed by atoms with Crippen molar-refractivity contribution in [3.63, 3.8) is 0 Å². The lowest BCUT2D eigenvalue weighted by atomic mass is 10.1. The Kier molecular flexibility index (Phi) is 6.04. The second-order valence-corrected chi connectivity index (χ2v) is 8.01. The Morgan fingerprint density at radius 1 is 0.815 bits per heavy atom. The quantitative estimate of drug-likeness (QED) is 0.518. The molecule has 1 N–H and O–H groups in total. The van der Waals surface area contributed by atoms with E-state index in [1.54, 1.807) is 24.3 Å². The van der Waals surface area contributed by atoms with Crippen LogP contribution in [0.4, 0.5) is 0 Å². The number of hydrogen-bond donors (Lipinski definition) is 1. The Labute approximate surface area is 160 Å².